The molecular weight excluding hydrogens is 164 g/mol. The molecule has 0 radical (unpaired) electrons. The van der Waals surface area contributed by atoms with Gasteiger partial charge in [-0.3, -0.25) is 4.79 Å². The Morgan fingerprint density at radius 3 is 2.69 bits per heavy atom. The van der Waals surface area contributed by atoms with Crippen molar-refractivity contribution in [3.05, 3.63) is 24.3 Å². The summed E-state index contributed by atoms with van der Waals surface area (Å²) in [6.07, 6.45) is 6.38. The molecule has 0 aliphatic carbocycles. The quantitative estimate of drug-likeness (QED) is 0.641. The first-order valence-corrected chi connectivity index (χ1v) is 4.57. The van der Waals surface area contributed by atoms with Crippen molar-refractivity contribution in [1.29, 1.82) is 0 Å². The summed E-state index contributed by atoms with van der Waals surface area (Å²) in [4.78, 5) is 10.5. The van der Waals surface area contributed by atoms with Crippen LogP contribution >= 0.6 is 0 Å². The molecule has 1 atom stereocenters. The van der Waals surface area contributed by atoms with Crippen LogP contribution in [0.5, 0.6) is 0 Å². The molecule has 2 heteroatoms. The first-order chi connectivity index (χ1) is 6.07. The van der Waals surface area contributed by atoms with E-state index in [0.717, 1.165) is 12.8 Å². The van der Waals surface area contributed by atoms with Crippen molar-refractivity contribution in [1.82, 2.24) is 0 Å². The summed E-state index contributed by atoms with van der Waals surface area (Å²) in [7, 11) is 0. The van der Waals surface area contributed by atoms with Crippen LogP contribution in [-0.2, 0) is 4.79 Å². The minimum atomic E-state index is -0.713. The Morgan fingerprint density at radius 2 is 2.23 bits per heavy atom. The van der Waals surface area contributed by atoms with Crippen LogP contribution in [0, 0.1) is 5.92 Å². The molecule has 0 rings (SSSR count). The zero-order valence-corrected chi connectivity index (χ0v) is 8.42. The van der Waals surface area contributed by atoms with E-state index in [-0.39, 0.29) is 5.92 Å². The maximum absolute atomic E-state index is 10.5. The van der Waals surface area contributed by atoms with Gasteiger partial charge >= 0.3 is 5.97 Å². The minimum absolute atomic E-state index is 0.243. The molecule has 0 aliphatic rings. The lowest BCUT2D eigenvalue weighted by molar-refractivity contribution is -0.141. The third kappa shape index (κ3) is 6.14. The number of hydrogen-bond acceptors (Lipinski definition) is 1. The second-order valence-corrected chi connectivity index (χ2v) is 3.36. The highest BCUT2D eigenvalue weighted by Crippen LogP contribution is 2.09. The third-order valence-corrected chi connectivity index (χ3v) is 1.98. The fourth-order valence-electron chi connectivity index (χ4n) is 1.01. The van der Waals surface area contributed by atoms with Gasteiger partial charge in [0.1, 0.15) is 0 Å². The topological polar surface area (TPSA) is 37.3 Å². The number of carbonyl (C=O) groups is 1. The largest absolute Gasteiger partial charge is 0.481 e. The average Bonchev–Trinajstić information content (AvgIpc) is 2.04. The number of allylic oxidation sites excluding steroid dienone is 3. The SMILES string of the molecule is C=CC/C(C)=C/CCC(C)C(=O)O. The lowest BCUT2D eigenvalue weighted by Crippen LogP contribution is -2.08. The van der Waals surface area contributed by atoms with Gasteiger partial charge in [0.05, 0.1) is 5.92 Å². The molecule has 0 saturated heterocycles. The van der Waals surface area contributed by atoms with Crippen molar-refractivity contribution >= 4 is 5.97 Å². The lowest BCUT2D eigenvalue weighted by atomic mass is 10.0. The fourth-order valence-corrected chi connectivity index (χ4v) is 1.01. The summed E-state index contributed by atoms with van der Waals surface area (Å²) < 4.78 is 0. The van der Waals surface area contributed by atoms with E-state index in [9.17, 15) is 4.79 Å². The number of aliphatic carboxylic acids is 1. The molecule has 0 aliphatic heterocycles. The monoisotopic (exact) mass is 182 g/mol. The first kappa shape index (κ1) is 11.9. The Morgan fingerprint density at radius 1 is 1.62 bits per heavy atom. The molecule has 0 aromatic rings. The standard InChI is InChI=1S/C11H18O2/c1-4-6-9(2)7-5-8-10(3)11(12)13/h4,7,10H,1,5-6,8H2,2-3H3,(H,12,13)/b9-7+. The third-order valence-electron chi connectivity index (χ3n) is 1.98. The Bertz CT molecular complexity index is 204. The molecule has 0 heterocycles. The fraction of sp³-hybridized carbons (Fsp3) is 0.545. The second kappa shape index (κ2) is 6.46. The normalized spacial score (nSPS) is 13.8. The van der Waals surface area contributed by atoms with Crippen LogP contribution in [0.2, 0.25) is 0 Å². The molecule has 74 valence electrons. The van der Waals surface area contributed by atoms with E-state index in [1.54, 1.807) is 6.92 Å². The van der Waals surface area contributed by atoms with Gasteiger partial charge in [0.15, 0.2) is 0 Å². The number of hydrogen-bond donors (Lipinski definition) is 1. The summed E-state index contributed by atoms with van der Waals surface area (Å²) in [5.74, 6) is -0.956. The summed E-state index contributed by atoms with van der Waals surface area (Å²) >= 11 is 0. The van der Waals surface area contributed by atoms with Crippen LogP contribution in [0.1, 0.15) is 33.1 Å². The van der Waals surface area contributed by atoms with Crippen LogP contribution in [0.3, 0.4) is 0 Å². The van der Waals surface area contributed by atoms with E-state index in [4.69, 9.17) is 5.11 Å². The summed E-state index contributed by atoms with van der Waals surface area (Å²) in [6.45, 7) is 7.41. The predicted molar refractivity (Wildman–Crippen MR) is 54.6 cm³/mol. The zero-order chi connectivity index (χ0) is 10.3. The van der Waals surface area contributed by atoms with E-state index in [0.29, 0.717) is 6.42 Å². The van der Waals surface area contributed by atoms with E-state index in [1.165, 1.54) is 5.57 Å². The predicted octanol–water partition coefficient (Wildman–Crippen LogP) is 3.01. The minimum Gasteiger partial charge on any atom is -0.481 e. The van der Waals surface area contributed by atoms with Crippen molar-refractivity contribution in [2.75, 3.05) is 0 Å². The molecular formula is C11H18O2. The molecule has 0 spiro atoms. The molecule has 0 saturated carbocycles. The van der Waals surface area contributed by atoms with Crippen molar-refractivity contribution in [2.24, 2.45) is 5.92 Å². The summed E-state index contributed by atoms with van der Waals surface area (Å²) in [6, 6.07) is 0. The summed E-state index contributed by atoms with van der Waals surface area (Å²) in [5, 5.41) is 8.61. The van der Waals surface area contributed by atoms with E-state index in [2.05, 4.69) is 12.7 Å². The molecule has 0 amide bonds. The maximum Gasteiger partial charge on any atom is 0.306 e. The van der Waals surface area contributed by atoms with Crippen LogP contribution in [-0.4, -0.2) is 11.1 Å². The number of carboxylic acids is 1. The van der Waals surface area contributed by atoms with Crippen molar-refractivity contribution in [3.63, 3.8) is 0 Å². The highest BCUT2D eigenvalue weighted by atomic mass is 16.4. The Labute approximate surface area is 80.0 Å². The van der Waals surface area contributed by atoms with Gasteiger partial charge in [0.25, 0.3) is 0 Å². The van der Waals surface area contributed by atoms with Gasteiger partial charge < -0.3 is 5.11 Å². The maximum atomic E-state index is 10.5. The highest BCUT2D eigenvalue weighted by Gasteiger charge is 2.08. The number of rotatable bonds is 6. The molecule has 0 aromatic heterocycles. The molecule has 1 unspecified atom stereocenters. The van der Waals surface area contributed by atoms with Gasteiger partial charge in [-0.05, 0) is 26.2 Å². The Hall–Kier alpha value is -1.05. The van der Waals surface area contributed by atoms with Crippen LogP contribution in [0.15, 0.2) is 24.3 Å². The van der Waals surface area contributed by atoms with Gasteiger partial charge in [0.2, 0.25) is 0 Å². The molecule has 0 aromatic carbocycles. The van der Waals surface area contributed by atoms with E-state index >= 15 is 0 Å². The smallest absolute Gasteiger partial charge is 0.306 e. The van der Waals surface area contributed by atoms with Crippen molar-refractivity contribution in [2.45, 2.75) is 33.1 Å². The molecule has 0 bridgehead atoms. The average molecular weight is 182 g/mol. The van der Waals surface area contributed by atoms with Crippen LogP contribution in [0.4, 0.5) is 0 Å². The zero-order valence-electron chi connectivity index (χ0n) is 8.42. The number of carboxylic acid groups (broad SMARTS) is 1. The summed E-state index contributed by atoms with van der Waals surface area (Å²) in [5.41, 5.74) is 1.26. The molecule has 0 fully saturated rings. The van der Waals surface area contributed by atoms with Crippen LogP contribution < -0.4 is 0 Å². The Balaban J connectivity index is 3.71. The Kier molecular flexibility index (Phi) is 5.94. The lowest BCUT2D eigenvalue weighted by Gasteiger charge is -2.03. The van der Waals surface area contributed by atoms with Gasteiger partial charge in [0, 0.05) is 0 Å². The van der Waals surface area contributed by atoms with Crippen molar-refractivity contribution in [3.8, 4) is 0 Å². The van der Waals surface area contributed by atoms with E-state index in [1.807, 2.05) is 13.0 Å². The second-order valence-electron chi connectivity index (χ2n) is 3.36. The highest BCUT2D eigenvalue weighted by molar-refractivity contribution is 5.69. The molecule has 13 heavy (non-hydrogen) atoms. The van der Waals surface area contributed by atoms with Crippen molar-refractivity contribution < 1.29 is 9.90 Å². The van der Waals surface area contributed by atoms with Gasteiger partial charge in [-0.15, -0.1) is 6.58 Å². The first-order valence-electron chi connectivity index (χ1n) is 4.57. The molecule has 2 nitrogen and oxygen atoms in total. The van der Waals surface area contributed by atoms with E-state index < -0.39 is 5.97 Å². The van der Waals surface area contributed by atoms with Gasteiger partial charge in [-0.2, -0.15) is 0 Å². The van der Waals surface area contributed by atoms with Crippen LogP contribution in [0.25, 0.3) is 0 Å². The molecule has 1 N–H and O–H groups in total. The van der Waals surface area contributed by atoms with Gasteiger partial charge in [-0.1, -0.05) is 24.6 Å². The van der Waals surface area contributed by atoms with Gasteiger partial charge in [-0.25, -0.2) is 0 Å².